The molecule has 0 spiro atoms. The zero-order chi connectivity index (χ0) is 17.8. The summed E-state index contributed by atoms with van der Waals surface area (Å²) in [6, 6.07) is 11.2. The van der Waals surface area contributed by atoms with Crippen LogP contribution in [0.2, 0.25) is 0 Å². The first-order valence-corrected chi connectivity index (χ1v) is 8.58. The number of carbonyl (C=O) groups is 2. The Morgan fingerprint density at radius 3 is 2.80 bits per heavy atom. The summed E-state index contributed by atoms with van der Waals surface area (Å²) < 4.78 is 13.3. The van der Waals surface area contributed by atoms with Gasteiger partial charge in [-0.25, -0.2) is 4.39 Å². The third-order valence-electron chi connectivity index (χ3n) is 4.36. The first-order chi connectivity index (χ1) is 12.1. The molecule has 1 aliphatic heterocycles. The number of nitrogens with zero attached hydrogens (tertiary/aromatic N) is 1. The molecule has 0 bridgehead atoms. The minimum atomic E-state index is -0.442. The number of rotatable bonds is 5. The Kier molecular flexibility index (Phi) is 5.12. The number of fused-ring (bicyclic) bond motifs is 1. The molecular formula is C20H21FN2O2. The number of hydrogen-bond donors (Lipinski definition) is 1. The Balaban J connectivity index is 1.79. The summed E-state index contributed by atoms with van der Waals surface area (Å²) in [6.45, 7) is 2.82. The molecule has 25 heavy (non-hydrogen) atoms. The van der Waals surface area contributed by atoms with E-state index in [0.717, 1.165) is 30.6 Å². The van der Waals surface area contributed by atoms with Gasteiger partial charge in [0, 0.05) is 29.9 Å². The highest BCUT2D eigenvalue weighted by Crippen LogP contribution is 2.30. The highest BCUT2D eigenvalue weighted by molar-refractivity contribution is 6.04. The van der Waals surface area contributed by atoms with Gasteiger partial charge >= 0.3 is 0 Å². The van der Waals surface area contributed by atoms with E-state index in [1.807, 2.05) is 17.0 Å². The van der Waals surface area contributed by atoms with Crippen LogP contribution in [-0.4, -0.2) is 18.4 Å². The molecule has 2 aromatic rings. The minimum Gasteiger partial charge on any atom is -0.322 e. The van der Waals surface area contributed by atoms with Crippen LogP contribution in [0.3, 0.4) is 0 Å². The molecule has 0 atom stereocenters. The lowest BCUT2D eigenvalue weighted by Crippen LogP contribution is -2.35. The molecule has 5 heteroatoms. The van der Waals surface area contributed by atoms with Gasteiger partial charge in [-0.2, -0.15) is 0 Å². The molecule has 2 aromatic carbocycles. The lowest BCUT2D eigenvalue weighted by Gasteiger charge is -2.29. The van der Waals surface area contributed by atoms with E-state index >= 15 is 0 Å². The predicted octanol–water partition coefficient (Wildman–Crippen LogP) is 4.16. The Hall–Kier alpha value is -2.69. The Bertz CT molecular complexity index is 804. The smallest absolute Gasteiger partial charge is 0.255 e. The van der Waals surface area contributed by atoms with Crippen molar-refractivity contribution >= 4 is 23.2 Å². The van der Waals surface area contributed by atoms with Crippen molar-refractivity contribution in [1.29, 1.82) is 0 Å². The van der Waals surface area contributed by atoms with Gasteiger partial charge in [0.05, 0.1) is 0 Å². The first kappa shape index (κ1) is 17.1. The Labute approximate surface area is 146 Å². The molecule has 0 aromatic heterocycles. The summed E-state index contributed by atoms with van der Waals surface area (Å²) in [4.78, 5) is 26.2. The zero-order valence-electron chi connectivity index (χ0n) is 14.2. The van der Waals surface area contributed by atoms with Crippen LogP contribution < -0.4 is 10.2 Å². The number of carbonyl (C=O) groups excluding carboxylic acids is 2. The summed E-state index contributed by atoms with van der Waals surface area (Å²) in [7, 11) is 0. The average Bonchev–Trinajstić information content (AvgIpc) is 2.61. The Morgan fingerprint density at radius 2 is 2.04 bits per heavy atom. The van der Waals surface area contributed by atoms with Gasteiger partial charge < -0.3 is 10.2 Å². The molecule has 1 aliphatic rings. The van der Waals surface area contributed by atoms with E-state index in [0.29, 0.717) is 18.5 Å². The minimum absolute atomic E-state index is 0.150. The molecule has 0 radical (unpaired) electrons. The molecule has 0 unspecified atom stereocenters. The Morgan fingerprint density at radius 1 is 1.20 bits per heavy atom. The third kappa shape index (κ3) is 3.87. The summed E-state index contributed by atoms with van der Waals surface area (Å²) >= 11 is 0. The van der Waals surface area contributed by atoms with Crippen LogP contribution in [0.1, 0.15) is 42.1 Å². The molecule has 1 N–H and O–H groups in total. The van der Waals surface area contributed by atoms with E-state index in [4.69, 9.17) is 0 Å². The second-order valence-corrected chi connectivity index (χ2v) is 6.21. The number of aryl methyl sites for hydroxylation is 1. The van der Waals surface area contributed by atoms with Crippen LogP contribution in [-0.2, 0) is 11.2 Å². The van der Waals surface area contributed by atoms with E-state index in [1.54, 1.807) is 12.1 Å². The molecular weight excluding hydrogens is 319 g/mol. The fraction of sp³-hybridized carbons (Fsp3) is 0.300. The number of benzene rings is 2. The molecule has 130 valence electrons. The molecule has 0 saturated heterocycles. The number of halogens is 1. The van der Waals surface area contributed by atoms with Crippen LogP contribution >= 0.6 is 0 Å². The maximum Gasteiger partial charge on any atom is 0.255 e. The van der Waals surface area contributed by atoms with Crippen molar-refractivity contribution in [2.24, 2.45) is 0 Å². The van der Waals surface area contributed by atoms with Crippen molar-refractivity contribution < 1.29 is 14.0 Å². The van der Waals surface area contributed by atoms with E-state index in [9.17, 15) is 14.0 Å². The first-order valence-electron chi connectivity index (χ1n) is 8.58. The quantitative estimate of drug-likeness (QED) is 0.888. The standard InChI is InChI=1S/C20H21FN2O2/c1-2-3-11-23-18-9-8-17(13-14(18)7-10-19(23)24)22-20(25)15-5-4-6-16(21)12-15/h4-6,8-9,12-13H,2-3,7,10-11H2,1H3,(H,22,25). The number of hydrogen-bond acceptors (Lipinski definition) is 2. The number of amides is 2. The van der Waals surface area contributed by atoms with Gasteiger partial charge in [-0.3, -0.25) is 9.59 Å². The second-order valence-electron chi connectivity index (χ2n) is 6.21. The molecule has 0 fully saturated rings. The van der Waals surface area contributed by atoms with Gasteiger partial charge in [0.25, 0.3) is 5.91 Å². The van der Waals surface area contributed by atoms with Crippen LogP contribution in [0.25, 0.3) is 0 Å². The number of anilines is 2. The van der Waals surface area contributed by atoms with Gasteiger partial charge in [-0.1, -0.05) is 19.4 Å². The molecule has 2 amide bonds. The maximum absolute atomic E-state index is 13.3. The van der Waals surface area contributed by atoms with Gasteiger partial charge in [0.2, 0.25) is 5.91 Å². The SMILES string of the molecule is CCCCN1C(=O)CCc2cc(NC(=O)c3cccc(F)c3)ccc21. The van der Waals surface area contributed by atoms with Crippen molar-refractivity contribution in [2.45, 2.75) is 32.6 Å². The van der Waals surface area contributed by atoms with Gasteiger partial charge in [-0.05, 0) is 54.8 Å². The van der Waals surface area contributed by atoms with Crippen molar-refractivity contribution in [3.8, 4) is 0 Å². The lowest BCUT2D eigenvalue weighted by molar-refractivity contribution is -0.118. The van der Waals surface area contributed by atoms with Crippen molar-refractivity contribution in [3.63, 3.8) is 0 Å². The van der Waals surface area contributed by atoms with Gasteiger partial charge in [-0.15, -0.1) is 0 Å². The fourth-order valence-electron chi connectivity index (χ4n) is 3.03. The summed E-state index contributed by atoms with van der Waals surface area (Å²) in [5.41, 5.74) is 2.90. The molecule has 1 heterocycles. The van der Waals surface area contributed by atoms with E-state index in [-0.39, 0.29) is 17.4 Å². The maximum atomic E-state index is 13.3. The van der Waals surface area contributed by atoms with Gasteiger partial charge in [0.1, 0.15) is 5.82 Å². The van der Waals surface area contributed by atoms with Crippen LogP contribution in [0, 0.1) is 5.82 Å². The fourth-order valence-corrected chi connectivity index (χ4v) is 3.03. The van der Waals surface area contributed by atoms with E-state index < -0.39 is 5.82 Å². The van der Waals surface area contributed by atoms with E-state index in [1.165, 1.54) is 18.2 Å². The topological polar surface area (TPSA) is 49.4 Å². The number of nitrogens with one attached hydrogen (secondary N) is 1. The third-order valence-corrected chi connectivity index (χ3v) is 4.36. The van der Waals surface area contributed by atoms with Crippen molar-refractivity contribution in [1.82, 2.24) is 0 Å². The largest absolute Gasteiger partial charge is 0.322 e. The van der Waals surface area contributed by atoms with Crippen LogP contribution in [0.15, 0.2) is 42.5 Å². The van der Waals surface area contributed by atoms with Gasteiger partial charge in [0.15, 0.2) is 0 Å². The average molecular weight is 340 g/mol. The lowest BCUT2D eigenvalue weighted by atomic mass is 10.00. The predicted molar refractivity (Wildman–Crippen MR) is 96.4 cm³/mol. The second kappa shape index (κ2) is 7.47. The number of unbranched alkanes of at least 4 members (excludes halogenated alkanes) is 1. The normalized spacial score (nSPS) is 13.5. The summed E-state index contributed by atoms with van der Waals surface area (Å²) in [6.07, 6.45) is 3.14. The zero-order valence-corrected chi connectivity index (χ0v) is 14.2. The van der Waals surface area contributed by atoms with Crippen LogP contribution in [0.5, 0.6) is 0 Å². The molecule has 4 nitrogen and oxygen atoms in total. The monoisotopic (exact) mass is 340 g/mol. The molecule has 3 rings (SSSR count). The molecule has 0 aliphatic carbocycles. The van der Waals surface area contributed by atoms with Crippen LogP contribution in [0.4, 0.5) is 15.8 Å². The van der Waals surface area contributed by atoms with Crippen molar-refractivity contribution in [3.05, 3.63) is 59.4 Å². The highest BCUT2D eigenvalue weighted by atomic mass is 19.1. The summed E-state index contributed by atoms with van der Waals surface area (Å²) in [5.74, 6) is -0.644. The molecule has 0 saturated carbocycles. The summed E-state index contributed by atoms with van der Waals surface area (Å²) in [5, 5.41) is 2.80. The highest BCUT2D eigenvalue weighted by Gasteiger charge is 2.23. The van der Waals surface area contributed by atoms with Crippen molar-refractivity contribution in [2.75, 3.05) is 16.8 Å². The van der Waals surface area contributed by atoms with E-state index in [2.05, 4.69) is 12.2 Å².